The smallest absolute Gasteiger partial charge is 0.234 e. The molecular weight excluding hydrogens is 259 g/mol. The van der Waals surface area contributed by atoms with Gasteiger partial charge in [0.15, 0.2) is 0 Å². The van der Waals surface area contributed by atoms with Crippen LogP contribution in [0.4, 0.5) is 4.39 Å². The van der Waals surface area contributed by atoms with E-state index in [1.807, 2.05) is 0 Å². The van der Waals surface area contributed by atoms with Crippen LogP contribution in [0.1, 0.15) is 18.4 Å². The summed E-state index contributed by atoms with van der Waals surface area (Å²) in [5.41, 5.74) is 1.01. The Balaban J connectivity index is 1.64. The number of amides is 1. The minimum absolute atomic E-state index is 0.00324. The maximum absolute atomic E-state index is 12.7. The zero-order valence-electron chi connectivity index (χ0n) is 11.5. The maximum atomic E-state index is 12.7. The Morgan fingerprint density at radius 1 is 1.30 bits per heavy atom. The predicted molar refractivity (Wildman–Crippen MR) is 74.8 cm³/mol. The van der Waals surface area contributed by atoms with Gasteiger partial charge in [-0.05, 0) is 37.0 Å². The first-order chi connectivity index (χ1) is 9.63. The highest BCUT2D eigenvalue weighted by molar-refractivity contribution is 5.78. The van der Waals surface area contributed by atoms with Crippen LogP contribution >= 0.6 is 0 Å². The molecule has 1 aliphatic heterocycles. The van der Waals surface area contributed by atoms with Crippen molar-refractivity contribution in [1.29, 1.82) is 0 Å². The number of rotatable bonds is 5. The Labute approximate surface area is 118 Å². The number of aliphatic hydroxyl groups excluding tert-OH is 1. The Bertz CT molecular complexity index is 428. The number of hydrogen-bond donors (Lipinski definition) is 2. The summed E-state index contributed by atoms with van der Waals surface area (Å²) in [5.74, 6) is -0.242. The van der Waals surface area contributed by atoms with E-state index in [-0.39, 0.29) is 17.8 Å². The fraction of sp³-hybridized carbons (Fsp3) is 0.533. The molecule has 4 nitrogen and oxygen atoms in total. The Morgan fingerprint density at radius 2 is 1.95 bits per heavy atom. The minimum Gasteiger partial charge on any atom is -0.393 e. The van der Waals surface area contributed by atoms with Crippen LogP contribution in [0.15, 0.2) is 24.3 Å². The molecule has 0 spiro atoms. The lowest BCUT2D eigenvalue weighted by Gasteiger charge is -2.28. The Morgan fingerprint density at radius 3 is 2.60 bits per heavy atom. The number of halogens is 1. The monoisotopic (exact) mass is 280 g/mol. The van der Waals surface area contributed by atoms with Gasteiger partial charge in [-0.25, -0.2) is 4.39 Å². The lowest BCUT2D eigenvalue weighted by molar-refractivity contribution is -0.122. The van der Waals surface area contributed by atoms with Crippen molar-refractivity contribution in [1.82, 2.24) is 10.2 Å². The molecule has 0 radical (unpaired) electrons. The molecule has 110 valence electrons. The molecule has 1 fully saturated rings. The van der Waals surface area contributed by atoms with Gasteiger partial charge >= 0.3 is 0 Å². The maximum Gasteiger partial charge on any atom is 0.234 e. The molecule has 1 aliphatic rings. The van der Waals surface area contributed by atoms with E-state index in [1.165, 1.54) is 12.1 Å². The average Bonchev–Trinajstić information content (AvgIpc) is 2.44. The molecular formula is C15H21FN2O2. The summed E-state index contributed by atoms with van der Waals surface area (Å²) in [6.45, 7) is 2.48. The standard InChI is InChI=1S/C15H21FN2O2/c16-13-3-1-12(2-4-13)5-8-17-15(20)11-18-9-6-14(19)7-10-18/h1-4,14,19H,5-11H2,(H,17,20). The van der Waals surface area contributed by atoms with Gasteiger partial charge in [0.2, 0.25) is 5.91 Å². The highest BCUT2D eigenvalue weighted by Crippen LogP contribution is 2.09. The molecule has 2 rings (SSSR count). The summed E-state index contributed by atoms with van der Waals surface area (Å²) < 4.78 is 12.7. The fourth-order valence-electron chi connectivity index (χ4n) is 2.33. The zero-order valence-corrected chi connectivity index (χ0v) is 11.5. The summed E-state index contributed by atoms with van der Waals surface area (Å²) >= 11 is 0. The first-order valence-electron chi connectivity index (χ1n) is 7.05. The van der Waals surface area contributed by atoms with Crippen molar-refractivity contribution < 1.29 is 14.3 Å². The van der Waals surface area contributed by atoms with Gasteiger partial charge in [0, 0.05) is 19.6 Å². The van der Waals surface area contributed by atoms with Crippen molar-refractivity contribution in [3.05, 3.63) is 35.6 Å². The van der Waals surface area contributed by atoms with Gasteiger partial charge in [0.1, 0.15) is 5.82 Å². The molecule has 0 aliphatic carbocycles. The Kier molecular flexibility index (Phi) is 5.49. The van der Waals surface area contributed by atoms with E-state index >= 15 is 0 Å². The van der Waals surface area contributed by atoms with Gasteiger partial charge in [-0.15, -0.1) is 0 Å². The SMILES string of the molecule is O=C(CN1CCC(O)CC1)NCCc1ccc(F)cc1. The molecule has 0 aromatic heterocycles. The highest BCUT2D eigenvalue weighted by Gasteiger charge is 2.18. The third-order valence-electron chi connectivity index (χ3n) is 3.57. The largest absolute Gasteiger partial charge is 0.393 e. The second kappa shape index (κ2) is 7.36. The quantitative estimate of drug-likeness (QED) is 0.844. The number of nitrogens with one attached hydrogen (secondary N) is 1. The van der Waals surface area contributed by atoms with Gasteiger partial charge in [0.25, 0.3) is 0 Å². The molecule has 1 saturated heterocycles. The van der Waals surface area contributed by atoms with Crippen molar-refractivity contribution in [3.63, 3.8) is 0 Å². The van der Waals surface area contributed by atoms with Crippen LogP contribution in [0.3, 0.4) is 0 Å². The van der Waals surface area contributed by atoms with E-state index in [0.29, 0.717) is 19.5 Å². The third kappa shape index (κ3) is 4.90. The van der Waals surface area contributed by atoms with Crippen LogP contribution in [0, 0.1) is 5.82 Å². The summed E-state index contributed by atoms with van der Waals surface area (Å²) in [4.78, 5) is 13.8. The van der Waals surface area contributed by atoms with Crippen LogP contribution in [0.25, 0.3) is 0 Å². The van der Waals surface area contributed by atoms with Crippen LogP contribution in [0.2, 0.25) is 0 Å². The van der Waals surface area contributed by atoms with E-state index in [1.54, 1.807) is 12.1 Å². The van der Waals surface area contributed by atoms with Crippen molar-refractivity contribution in [3.8, 4) is 0 Å². The van der Waals surface area contributed by atoms with Crippen molar-refractivity contribution in [2.24, 2.45) is 0 Å². The molecule has 1 heterocycles. The number of likely N-dealkylation sites (tertiary alicyclic amines) is 1. The number of aliphatic hydroxyl groups is 1. The van der Waals surface area contributed by atoms with Gasteiger partial charge in [-0.1, -0.05) is 12.1 Å². The normalized spacial score (nSPS) is 17.1. The lowest BCUT2D eigenvalue weighted by Crippen LogP contribution is -2.42. The zero-order chi connectivity index (χ0) is 14.4. The molecule has 2 N–H and O–H groups in total. The van der Waals surface area contributed by atoms with Gasteiger partial charge in [0.05, 0.1) is 12.6 Å². The van der Waals surface area contributed by atoms with Crippen LogP contribution in [-0.4, -0.2) is 48.2 Å². The lowest BCUT2D eigenvalue weighted by atomic mass is 10.1. The second-order valence-corrected chi connectivity index (χ2v) is 5.23. The van der Waals surface area contributed by atoms with Crippen molar-refractivity contribution in [2.75, 3.05) is 26.2 Å². The summed E-state index contributed by atoms with van der Waals surface area (Å²) in [6, 6.07) is 6.31. The molecule has 0 bridgehead atoms. The number of piperidine rings is 1. The van der Waals surface area contributed by atoms with E-state index in [0.717, 1.165) is 31.5 Å². The molecule has 20 heavy (non-hydrogen) atoms. The first kappa shape index (κ1) is 14.9. The Hall–Kier alpha value is -1.46. The van der Waals surface area contributed by atoms with Gasteiger partial charge < -0.3 is 10.4 Å². The molecule has 0 unspecified atom stereocenters. The van der Waals surface area contributed by atoms with Crippen molar-refractivity contribution in [2.45, 2.75) is 25.4 Å². The third-order valence-corrected chi connectivity index (χ3v) is 3.57. The van der Waals surface area contributed by atoms with Gasteiger partial charge in [-0.3, -0.25) is 9.69 Å². The predicted octanol–water partition coefficient (Wildman–Crippen LogP) is 0.941. The summed E-state index contributed by atoms with van der Waals surface area (Å²) in [7, 11) is 0. The molecule has 0 saturated carbocycles. The molecule has 1 aromatic carbocycles. The van der Waals surface area contributed by atoms with E-state index in [4.69, 9.17) is 0 Å². The van der Waals surface area contributed by atoms with Gasteiger partial charge in [-0.2, -0.15) is 0 Å². The van der Waals surface area contributed by atoms with Crippen LogP contribution in [-0.2, 0) is 11.2 Å². The van der Waals surface area contributed by atoms with E-state index < -0.39 is 0 Å². The molecule has 1 amide bonds. The average molecular weight is 280 g/mol. The molecule has 5 heteroatoms. The first-order valence-corrected chi connectivity index (χ1v) is 7.05. The topological polar surface area (TPSA) is 52.6 Å². The summed E-state index contributed by atoms with van der Waals surface area (Å²) in [6.07, 6.45) is 1.96. The van der Waals surface area contributed by atoms with Crippen LogP contribution < -0.4 is 5.32 Å². The highest BCUT2D eigenvalue weighted by atomic mass is 19.1. The minimum atomic E-state index is -0.245. The number of nitrogens with zero attached hydrogens (tertiary/aromatic N) is 1. The molecule has 1 aromatic rings. The van der Waals surface area contributed by atoms with Crippen molar-refractivity contribution >= 4 is 5.91 Å². The van der Waals surface area contributed by atoms with E-state index in [9.17, 15) is 14.3 Å². The van der Waals surface area contributed by atoms with E-state index in [2.05, 4.69) is 10.2 Å². The number of hydrogen-bond acceptors (Lipinski definition) is 3. The number of carbonyl (C=O) groups excluding carboxylic acids is 1. The number of benzene rings is 1. The fourth-order valence-corrected chi connectivity index (χ4v) is 2.33. The summed E-state index contributed by atoms with van der Waals surface area (Å²) in [5, 5.41) is 12.3. The second-order valence-electron chi connectivity index (χ2n) is 5.23. The van der Waals surface area contributed by atoms with Crippen LogP contribution in [0.5, 0.6) is 0 Å². The number of carbonyl (C=O) groups is 1. The molecule has 0 atom stereocenters.